The number of carbonyl (C=O) groups is 2. The van der Waals surface area contributed by atoms with Gasteiger partial charge >= 0.3 is 0 Å². The number of carbonyl (C=O) groups excluding carboxylic acids is 2. The molecule has 0 aliphatic heterocycles. The number of rotatable bonds is 8. The van der Waals surface area contributed by atoms with Gasteiger partial charge in [-0.15, -0.1) is 0 Å². The van der Waals surface area contributed by atoms with Crippen LogP contribution < -0.4 is 0 Å². The van der Waals surface area contributed by atoms with Gasteiger partial charge in [0.2, 0.25) is 0 Å². The van der Waals surface area contributed by atoms with E-state index in [1.54, 1.807) is 13.8 Å². The minimum atomic E-state index is -0.273. The van der Waals surface area contributed by atoms with E-state index in [2.05, 4.69) is 6.92 Å². The molecule has 0 heterocycles. The summed E-state index contributed by atoms with van der Waals surface area (Å²) in [4.78, 5) is 25.4. The summed E-state index contributed by atoms with van der Waals surface area (Å²) in [5.41, 5.74) is 2.52. The van der Waals surface area contributed by atoms with Crippen LogP contribution in [0.2, 0.25) is 0 Å². The number of unbranched alkanes of at least 4 members (excludes halogenated alkanes) is 6. The van der Waals surface area contributed by atoms with E-state index in [4.69, 9.17) is 0 Å². The SMILES string of the molecule is CCCCCCCCCC1=C(C(C)(C)C)C(=O)C(C)=C(C)C1=O. The maximum atomic E-state index is 12.7. The second-order valence-electron chi connectivity index (χ2n) is 7.88. The first-order valence-electron chi connectivity index (χ1n) is 9.22. The normalized spacial score (nSPS) is 16.6. The molecule has 0 aromatic heterocycles. The minimum absolute atomic E-state index is 0.0764. The molecule has 0 N–H and O–H groups in total. The third-order valence-corrected chi connectivity index (χ3v) is 4.83. The second-order valence-corrected chi connectivity index (χ2v) is 7.88. The Morgan fingerprint density at radius 2 is 1.22 bits per heavy atom. The van der Waals surface area contributed by atoms with Crippen molar-refractivity contribution in [3.8, 4) is 0 Å². The van der Waals surface area contributed by atoms with Crippen LogP contribution in [0.1, 0.15) is 92.9 Å². The Bertz CT molecular complexity index is 512. The molecule has 0 fully saturated rings. The van der Waals surface area contributed by atoms with Gasteiger partial charge in [0.25, 0.3) is 0 Å². The second kappa shape index (κ2) is 8.61. The summed E-state index contributed by atoms with van der Waals surface area (Å²) < 4.78 is 0. The molecule has 0 aromatic carbocycles. The van der Waals surface area contributed by atoms with Crippen molar-refractivity contribution in [1.82, 2.24) is 0 Å². The highest BCUT2D eigenvalue weighted by Crippen LogP contribution is 2.37. The van der Waals surface area contributed by atoms with Crippen molar-refractivity contribution in [3.63, 3.8) is 0 Å². The average molecular weight is 319 g/mol. The zero-order valence-electron chi connectivity index (χ0n) is 16.0. The summed E-state index contributed by atoms with van der Waals surface area (Å²) in [5, 5.41) is 0. The summed E-state index contributed by atoms with van der Waals surface area (Å²) in [5.74, 6) is 0.172. The molecule has 0 aromatic rings. The van der Waals surface area contributed by atoms with E-state index in [-0.39, 0.29) is 17.0 Å². The monoisotopic (exact) mass is 318 g/mol. The molecule has 0 bridgehead atoms. The van der Waals surface area contributed by atoms with Crippen molar-refractivity contribution in [2.75, 3.05) is 0 Å². The lowest BCUT2D eigenvalue weighted by Gasteiger charge is -2.29. The molecule has 130 valence electrons. The van der Waals surface area contributed by atoms with Gasteiger partial charge in [-0.05, 0) is 32.1 Å². The first-order chi connectivity index (χ1) is 10.7. The highest BCUT2D eigenvalue weighted by molar-refractivity contribution is 6.25. The van der Waals surface area contributed by atoms with Crippen LogP contribution in [0.3, 0.4) is 0 Å². The van der Waals surface area contributed by atoms with E-state index in [9.17, 15) is 9.59 Å². The Morgan fingerprint density at radius 1 is 0.739 bits per heavy atom. The standard InChI is InChI=1S/C21H34O2/c1-7-8-9-10-11-12-13-14-17-18(21(4,5)6)20(23)16(3)15(2)19(17)22/h7-14H2,1-6H3. The van der Waals surface area contributed by atoms with Gasteiger partial charge in [-0.25, -0.2) is 0 Å². The van der Waals surface area contributed by atoms with Gasteiger partial charge in [0.1, 0.15) is 0 Å². The molecule has 0 atom stereocenters. The van der Waals surface area contributed by atoms with Gasteiger partial charge in [-0.1, -0.05) is 66.2 Å². The molecule has 1 aliphatic rings. The molecule has 0 saturated heterocycles. The van der Waals surface area contributed by atoms with Gasteiger partial charge < -0.3 is 0 Å². The first kappa shape index (κ1) is 19.9. The van der Waals surface area contributed by atoms with Gasteiger partial charge in [0, 0.05) is 22.3 Å². The average Bonchev–Trinajstić information content (AvgIpc) is 2.47. The highest BCUT2D eigenvalue weighted by Gasteiger charge is 2.35. The number of allylic oxidation sites excluding steroid dienone is 4. The van der Waals surface area contributed by atoms with Crippen molar-refractivity contribution in [2.24, 2.45) is 5.41 Å². The topological polar surface area (TPSA) is 34.1 Å². The first-order valence-corrected chi connectivity index (χ1v) is 9.22. The molecule has 0 unspecified atom stereocenters. The van der Waals surface area contributed by atoms with Gasteiger partial charge in [0.05, 0.1) is 0 Å². The van der Waals surface area contributed by atoms with Gasteiger partial charge in [-0.2, -0.15) is 0 Å². The van der Waals surface area contributed by atoms with Crippen LogP contribution in [0.25, 0.3) is 0 Å². The van der Waals surface area contributed by atoms with Gasteiger partial charge in [-0.3, -0.25) is 9.59 Å². The smallest absolute Gasteiger partial charge is 0.186 e. The summed E-state index contributed by atoms with van der Waals surface area (Å²) >= 11 is 0. The van der Waals surface area contributed by atoms with Crippen LogP contribution in [0.15, 0.2) is 22.3 Å². The zero-order valence-corrected chi connectivity index (χ0v) is 16.0. The third-order valence-electron chi connectivity index (χ3n) is 4.83. The van der Waals surface area contributed by atoms with E-state index in [1.807, 2.05) is 20.8 Å². The molecular formula is C21H34O2. The van der Waals surface area contributed by atoms with Crippen molar-refractivity contribution < 1.29 is 9.59 Å². The van der Waals surface area contributed by atoms with Crippen LogP contribution >= 0.6 is 0 Å². The predicted octanol–water partition coefficient (Wildman–Crippen LogP) is 5.96. The molecule has 2 heteroatoms. The number of ketones is 2. The lowest BCUT2D eigenvalue weighted by Crippen LogP contribution is -2.29. The van der Waals surface area contributed by atoms with Crippen LogP contribution in [0, 0.1) is 5.41 Å². The molecule has 2 nitrogen and oxygen atoms in total. The number of Topliss-reactive ketones (excluding diaryl/α,β-unsaturated/α-hetero) is 2. The van der Waals surface area contributed by atoms with E-state index >= 15 is 0 Å². The van der Waals surface area contributed by atoms with Crippen molar-refractivity contribution in [2.45, 2.75) is 92.9 Å². The van der Waals surface area contributed by atoms with E-state index in [0.717, 1.165) is 30.4 Å². The van der Waals surface area contributed by atoms with Crippen molar-refractivity contribution >= 4 is 11.6 Å². The van der Waals surface area contributed by atoms with Crippen molar-refractivity contribution in [3.05, 3.63) is 22.3 Å². The van der Waals surface area contributed by atoms with E-state index in [1.165, 1.54) is 32.1 Å². The zero-order chi connectivity index (χ0) is 17.6. The third kappa shape index (κ3) is 5.16. The number of hydrogen-bond acceptors (Lipinski definition) is 2. The Hall–Kier alpha value is -1.18. The van der Waals surface area contributed by atoms with E-state index < -0.39 is 0 Å². The highest BCUT2D eigenvalue weighted by atomic mass is 16.1. The summed E-state index contributed by atoms with van der Waals surface area (Å²) in [7, 11) is 0. The Labute approximate surface area is 142 Å². The molecule has 23 heavy (non-hydrogen) atoms. The summed E-state index contributed by atoms with van der Waals surface area (Å²) in [6.07, 6.45) is 9.30. The molecule has 1 rings (SSSR count). The summed E-state index contributed by atoms with van der Waals surface area (Å²) in [6, 6.07) is 0. The molecular weight excluding hydrogens is 284 g/mol. The van der Waals surface area contributed by atoms with Crippen molar-refractivity contribution in [1.29, 1.82) is 0 Å². The maximum Gasteiger partial charge on any atom is 0.186 e. The molecule has 0 saturated carbocycles. The van der Waals surface area contributed by atoms with Crippen LogP contribution in [0.5, 0.6) is 0 Å². The fourth-order valence-electron chi connectivity index (χ4n) is 3.30. The Morgan fingerprint density at radius 3 is 1.74 bits per heavy atom. The van der Waals surface area contributed by atoms with Crippen LogP contribution in [0.4, 0.5) is 0 Å². The fourth-order valence-corrected chi connectivity index (χ4v) is 3.30. The largest absolute Gasteiger partial charge is 0.289 e. The summed E-state index contributed by atoms with van der Waals surface area (Å²) in [6.45, 7) is 11.9. The minimum Gasteiger partial charge on any atom is -0.289 e. The van der Waals surface area contributed by atoms with E-state index in [0.29, 0.717) is 11.1 Å². The maximum absolute atomic E-state index is 12.7. The Balaban J connectivity index is 2.77. The molecule has 0 amide bonds. The van der Waals surface area contributed by atoms with Crippen LogP contribution in [-0.4, -0.2) is 11.6 Å². The lowest BCUT2D eigenvalue weighted by molar-refractivity contribution is -0.117. The quantitative estimate of drug-likeness (QED) is 0.409. The lowest BCUT2D eigenvalue weighted by atomic mass is 9.72. The molecule has 0 radical (unpaired) electrons. The fraction of sp³-hybridized carbons (Fsp3) is 0.714. The molecule has 0 spiro atoms. The van der Waals surface area contributed by atoms with Gasteiger partial charge in [0.15, 0.2) is 11.6 Å². The number of hydrogen-bond donors (Lipinski definition) is 0. The predicted molar refractivity (Wildman–Crippen MR) is 97.5 cm³/mol. The Kier molecular flexibility index (Phi) is 7.44. The molecule has 1 aliphatic carbocycles. The van der Waals surface area contributed by atoms with Crippen LogP contribution in [-0.2, 0) is 9.59 Å².